The molecule has 6 nitrogen and oxygen atoms in total. The Hall–Kier alpha value is -2.15. The Bertz CT molecular complexity index is 852. The Morgan fingerprint density at radius 3 is 2.29 bits per heavy atom. The molecule has 2 aromatic rings. The predicted octanol–water partition coefficient (Wildman–Crippen LogP) is 1.86. The van der Waals surface area contributed by atoms with Gasteiger partial charge in [-0.15, -0.1) is 0 Å². The fraction of sp³-hybridized carbons (Fsp3) is 0.412. The van der Waals surface area contributed by atoms with Crippen LogP contribution in [0.25, 0.3) is 0 Å². The van der Waals surface area contributed by atoms with Gasteiger partial charge in [-0.25, -0.2) is 8.42 Å². The largest absolute Gasteiger partial charge is 0.349 e. The number of carbonyl (C=O) groups excluding carboxylic acids is 1. The van der Waals surface area contributed by atoms with Crippen LogP contribution in [0, 0.1) is 13.8 Å². The molecular weight excluding hydrogens is 326 g/mol. The van der Waals surface area contributed by atoms with Crippen LogP contribution >= 0.6 is 0 Å². The molecule has 0 aliphatic carbocycles. The first-order chi connectivity index (χ1) is 11.1. The van der Waals surface area contributed by atoms with Gasteiger partial charge in [0, 0.05) is 24.6 Å². The first-order valence-electron chi connectivity index (χ1n) is 7.68. The number of benzene rings is 1. The van der Waals surface area contributed by atoms with E-state index in [2.05, 4.69) is 10.4 Å². The molecule has 24 heavy (non-hydrogen) atoms. The fourth-order valence-corrected chi connectivity index (χ4v) is 3.24. The predicted molar refractivity (Wildman–Crippen MR) is 92.5 cm³/mol. The first kappa shape index (κ1) is 18.2. The van der Waals surface area contributed by atoms with Crippen LogP contribution in [0.1, 0.15) is 35.5 Å². The maximum absolute atomic E-state index is 12.3. The van der Waals surface area contributed by atoms with Gasteiger partial charge in [0.25, 0.3) is 0 Å². The van der Waals surface area contributed by atoms with Crippen molar-refractivity contribution in [1.82, 2.24) is 15.1 Å². The minimum atomic E-state index is -3.21. The second kappa shape index (κ2) is 6.76. The maximum Gasteiger partial charge on any atom is 0.225 e. The molecule has 1 atom stereocenters. The van der Waals surface area contributed by atoms with E-state index in [-0.39, 0.29) is 23.3 Å². The third kappa shape index (κ3) is 4.03. The van der Waals surface area contributed by atoms with Gasteiger partial charge in [0.1, 0.15) is 0 Å². The smallest absolute Gasteiger partial charge is 0.225 e. The number of aromatic nitrogens is 2. The third-order valence-electron chi connectivity index (χ3n) is 4.18. The van der Waals surface area contributed by atoms with Gasteiger partial charge < -0.3 is 5.32 Å². The Morgan fingerprint density at radius 1 is 1.25 bits per heavy atom. The van der Waals surface area contributed by atoms with Crippen LogP contribution in [-0.4, -0.2) is 30.4 Å². The van der Waals surface area contributed by atoms with E-state index >= 15 is 0 Å². The summed E-state index contributed by atoms with van der Waals surface area (Å²) in [5, 5.41) is 7.25. The van der Waals surface area contributed by atoms with E-state index in [1.165, 1.54) is 6.26 Å². The minimum Gasteiger partial charge on any atom is -0.349 e. The molecule has 0 aliphatic heterocycles. The maximum atomic E-state index is 12.3. The van der Waals surface area contributed by atoms with Crippen LogP contribution in [0.15, 0.2) is 29.2 Å². The Balaban J connectivity index is 2.06. The van der Waals surface area contributed by atoms with E-state index in [0.717, 1.165) is 22.5 Å². The number of sulfone groups is 1. The molecule has 0 bridgehead atoms. The summed E-state index contributed by atoms with van der Waals surface area (Å²) in [6, 6.07) is 6.36. The second-order valence-electron chi connectivity index (χ2n) is 6.08. The number of nitrogens with one attached hydrogen (secondary N) is 1. The van der Waals surface area contributed by atoms with Crippen LogP contribution in [0.2, 0.25) is 0 Å². The second-order valence-corrected chi connectivity index (χ2v) is 8.10. The number of amides is 1. The van der Waals surface area contributed by atoms with E-state index in [4.69, 9.17) is 0 Å². The molecule has 0 unspecified atom stereocenters. The number of carbonyl (C=O) groups is 1. The number of hydrogen-bond acceptors (Lipinski definition) is 4. The zero-order chi connectivity index (χ0) is 18.1. The zero-order valence-electron chi connectivity index (χ0n) is 14.6. The third-order valence-corrected chi connectivity index (χ3v) is 5.31. The van der Waals surface area contributed by atoms with Gasteiger partial charge >= 0.3 is 0 Å². The summed E-state index contributed by atoms with van der Waals surface area (Å²) in [5.74, 6) is -0.0890. The van der Waals surface area contributed by atoms with E-state index in [0.29, 0.717) is 0 Å². The summed E-state index contributed by atoms with van der Waals surface area (Å²) in [4.78, 5) is 12.6. The number of nitrogens with zero attached hydrogens (tertiary/aromatic N) is 2. The van der Waals surface area contributed by atoms with Gasteiger partial charge in [-0.05, 0) is 38.5 Å². The van der Waals surface area contributed by atoms with E-state index < -0.39 is 9.84 Å². The summed E-state index contributed by atoms with van der Waals surface area (Å²) in [7, 11) is -1.36. The van der Waals surface area contributed by atoms with E-state index in [1.54, 1.807) is 28.9 Å². The lowest BCUT2D eigenvalue weighted by Gasteiger charge is -2.15. The molecule has 0 aliphatic rings. The van der Waals surface area contributed by atoms with Gasteiger partial charge in [-0.2, -0.15) is 5.10 Å². The lowest BCUT2D eigenvalue weighted by Crippen LogP contribution is -2.28. The quantitative estimate of drug-likeness (QED) is 0.893. The number of rotatable bonds is 5. The van der Waals surface area contributed by atoms with Crippen LogP contribution < -0.4 is 5.32 Å². The summed E-state index contributed by atoms with van der Waals surface area (Å²) in [6.45, 7) is 5.70. The Kier molecular flexibility index (Phi) is 5.13. The molecule has 0 saturated carbocycles. The molecule has 0 saturated heterocycles. The normalized spacial score (nSPS) is 12.9. The first-order valence-corrected chi connectivity index (χ1v) is 9.57. The lowest BCUT2D eigenvalue weighted by atomic mass is 10.1. The highest BCUT2D eigenvalue weighted by Crippen LogP contribution is 2.17. The summed E-state index contributed by atoms with van der Waals surface area (Å²) < 4.78 is 24.7. The molecule has 1 heterocycles. The van der Waals surface area contributed by atoms with Crippen molar-refractivity contribution < 1.29 is 13.2 Å². The van der Waals surface area contributed by atoms with E-state index in [1.807, 2.05) is 27.8 Å². The van der Waals surface area contributed by atoms with E-state index in [9.17, 15) is 13.2 Å². The molecule has 0 spiro atoms. The number of hydrogen-bond donors (Lipinski definition) is 1. The van der Waals surface area contributed by atoms with Crippen LogP contribution in [0.3, 0.4) is 0 Å². The molecule has 7 heteroatoms. The molecule has 1 aromatic heterocycles. The topological polar surface area (TPSA) is 81.1 Å². The van der Waals surface area contributed by atoms with Gasteiger partial charge in [0.05, 0.1) is 23.1 Å². The van der Waals surface area contributed by atoms with Crippen molar-refractivity contribution >= 4 is 15.7 Å². The van der Waals surface area contributed by atoms with Crippen molar-refractivity contribution in [3.63, 3.8) is 0 Å². The standard InChI is InChI=1S/C17H23N3O3S/c1-11(14-6-8-15(9-7-14)24(5,22)23)18-17(21)10-16-12(2)19-20(4)13(16)3/h6-9,11H,10H2,1-5H3,(H,18,21)/t11-/m0/s1. The highest BCUT2D eigenvalue weighted by molar-refractivity contribution is 7.90. The van der Waals surface area contributed by atoms with Crippen LogP contribution in [-0.2, 0) is 28.1 Å². The minimum absolute atomic E-state index is 0.0890. The highest BCUT2D eigenvalue weighted by atomic mass is 32.2. The van der Waals surface area contributed by atoms with Crippen LogP contribution in [0.4, 0.5) is 0 Å². The monoisotopic (exact) mass is 349 g/mol. The fourth-order valence-electron chi connectivity index (χ4n) is 2.61. The molecule has 0 fully saturated rings. The summed E-state index contributed by atoms with van der Waals surface area (Å²) >= 11 is 0. The van der Waals surface area contributed by atoms with Gasteiger partial charge in [-0.3, -0.25) is 9.48 Å². The Morgan fingerprint density at radius 2 is 1.83 bits per heavy atom. The molecule has 0 radical (unpaired) electrons. The molecule has 2 rings (SSSR count). The SMILES string of the molecule is Cc1nn(C)c(C)c1CC(=O)N[C@@H](C)c1ccc(S(C)(=O)=O)cc1. The molecular formula is C17H23N3O3S. The van der Waals surface area contributed by atoms with Gasteiger partial charge in [-0.1, -0.05) is 12.1 Å². The van der Waals surface area contributed by atoms with Crippen molar-refractivity contribution in [2.45, 2.75) is 38.1 Å². The highest BCUT2D eigenvalue weighted by Gasteiger charge is 2.16. The molecule has 1 amide bonds. The summed E-state index contributed by atoms with van der Waals surface area (Å²) in [5.41, 5.74) is 3.63. The van der Waals surface area contributed by atoms with Crippen molar-refractivity contribution in [2.24, 2.45) is 7.05 Å². The molecule has 1 aromatic carbocycles. The lowest BCUT2D eigenvalue weighted by molar-refractivity contribution is -0.121. The Labute approximate surface area is 142 Å². The van der Waals surface area contributed by atoms with Crippen molar-refractivity contribution in [3.05, 3.63) is 46.8 Å². The molecule has 130 valence electrons. The van der Waals surface area contributed by atoms with Crippen LogP contribution in [0.5, 0.6) is 0 Å². The van der Waals surface area contributed by atoms with Crippen molar-refractivity contribution in [2.75, 3.05) is 6.26 Å². The zero-order valence-corrected chi connectivity index (χ0v) is 15.4. The molecule has 1 N–H and O–H groups in total. The van der Waals surface area contributed by atoms with Crippen molar-refractivity contribution in [1.29, 1.82) is 0 Å². The average molecular weight is 349 g/mol. The average Bonchev–Trinajstić information content (AvgIpc) is 2.73. The summed E-state index contributed by atoms with van der Waals surface area (Å²) in [6.07, 6.45) is 1.45. The number of aryl methyl sites for hydroxylation is 2. The van der Waals surface area contributed by atoms with Gasteiger partial charge in [0.2, 0.25) is 5.91 Å². The van der Waals surface area contributed by atoms with Gasteiger partial charge in [0.15, 0.2) is 9.84 Å². The van der Waals surface area contributed by atoms with Crippen molar-refractivity contribution in [3.8, 4) is 0 Å².